The van der Waals surface area contributed by atoms with Crippen LogP contribution in [-0.2, 0) is 21.4 Å². The zero-order valence-electron chi connectivity index (χ0n) is 16.5. The van der Waals surface area contributed by atoms with Crippen LogP contribution in [0.15, 0.2) is 53.4 Å². The average Bonchev–Trinajstić information content (AvgIpc) is 3.00. The molecule has 29 heavy (non-hydrogen) atoms. The summed E-state index contributed by atoms with van der Waals surface area (Å²) in [5, 5.41) is 9.27. The summed E-state index contributed by atoms with van der Waals surface area (Å²) in [5.41, 5.74) is 2.86. The maximum Gasteiger partial charge on any atom is 0.321 e. The Morgan fingerprint density at radius 3 is 2.52 bits per heavy atom. The minimum absolute atomic E-state index is 0.0520. The fourth-order valence-electron chi connectivity index (χ4n) is 3.25. The summed E-state index contributed by atoms with van der Waals surface area (Å²) in [5.74, 6) is -0.286. The van der Waals surface area contributed by atoms with E-state index in [2.05, 4.69) is 14.3 Å². The van der Waals surface area contributed by atoms with Crippen LogP contribution >= 0.6 is 0 Å². The normalized spacial score (nSPS) is 12.9. The number of fused-ring (bicyclic) bond motifs is 1. The lowest BCUT2D eigenvalue weighted by atomic mass is 10.1. The van der Waals surface area contributed by atoms with Gasteiger partial charge >= 0.3 is 5.97 Å². The third kappa shape index (κ3) is 4.83. The second-order valence-electron chi connectivity index (χ2n) is 7.03. The third-order valence-electron chi connectivity index (χ3n) is 4.86. The van der Waals surface area contributed by atoms with E-state index in [1.807, 2.05) is 38.1 Å². The number of unbranched alkanes of at least 4 members (excludes halogenated alkanes) is 1. The molecule has 0 saturated carbocycles. The van der Waals surface area contributed by atoms with E-state index >= 15 is 0 Å². The molecule has 0 radical (unpaired) electrons. The predicted molar refractivity (Wildman–Crippen MR) is 111 cm³/mol. The lowest BCUT2D eigenvalue weighted by Gasteiger charge is -2.15. The summed E-state index contributed by atoms with van der Waals surface area (Å²) in [7, 11) is -3.91. The van der Waals surface area contributed by atoms with Gasteiger partial charge in [-0.3, -0.25) is 4.79 Å². The molecule has 154 valence electrons. The molecule has 7 nitrogen and oxygen atoms in total. The Kier molecular flexibility index (Phi) is 6.34. The minimum Gasteiger partial charge on any atom is -0.480 e. The van der Waals surface area contributed by atoms with E-state index < -0.39 is 22.0 Å². The molecule has 1 aromatic heterocycles. The van der Waals surface area contributed by atoms with Gasteiger partial charge in [-0.05, 0) is 43.2 Å². The van der Waals surface area contributed by atoms with Crippen LogP contribution in [0, 0.1) is 6.92 Å². The highest BCUT2D eigenvalue weighted by molar-refractivity contribution is 7.89. The van der Waals surface area contributed by atoms with Crippen LogP contribution in [-0.4, -0.2) is 35.1 Å². The van der Waals surface area contributed by atoms with Crippen LogP contribution in [0.1, 0.15) is 37.6 Å². The van der Waals surface area contributed by atoms with Gasteiger partial charge in [-0.15, -0.1) is 0 Å². The predicted octanol–water partition coefficient (Wildman–Crippen LogP) is 3.31. The Labute approximate surface area is 170 Å². The smallest absolute Gasteiger partial charge is 0.321 e. The lowest BCUT2D eigenvalue weighted by molar-refractivity contribution is -0.139. The number of aliphatic carboxylic acids is 1. The van der Waals surface area contributed by atoms with Crippen molar-refractivity contribution < 1.29 is 18.3 Å². The monoisotopic (exact) mass is 415 g/mol. The molecule has 8 heteroatoms. The largest absolute Gasteiger partial charge is 0.480 e. The summed E-state index contributed by atoms with van der Waals surface area (Å²) in [6, 6.07) is 13.2. The molecule has 0 aliphatic carbocycles. The molecule has 0 amide bonds. The number of carbonyl (C=O) groups is 1. The van der Waals surface area contributed by atoms with Crippen molar-refractivity contribution in [2.75, 3.05) is 0 Å². The number of benzene rings is 2. The summed E-state index contributed by atoms with van der Waals surface area (Å²) in [6.07, 6.45) is 1.69. The number of carboxylic acid groups (broad SMARTS) is 1. The van der Waals surface area contributed by atoms with Gasteiger partial charge in [-0.1, -0.05) is 44.0 Å². The number of sulfonamides is 1. The molecular formula is C21H25N3O4S. The molecule has 1 heterocycles. The number of carboxylic acids is 1. The lowest BCUT2D eigenvalue weighted by Crippen LogP contribution is -2.40. The molecule has 1 atom stereocenters. The third-order valence-corrected chi connectivity index (χ3v) is 6.35. The SMILES string of the molecule is CCCC[C@H](NS(=O)(=O)c1ccc(Cn2c(C)nc3ccccc32)cc1)C(=O)O. The first-order valence-corrected chi connectivity index (χ1v) is 11.1. The van der Waals surface area contributed by atoms with Crippen LogP contribution in [0.2, 0.25) is 0 Å². The highest BCUT2D eigenvalue weighted by Crippen LogP contribution is 2.19. The number of nitrogens with one attached hydrogen (secondary N) is 1. The second kappa shape index (κ2) is 8.75. The zero-order chi connectivity index (χ0) is 21.0. The molecule has 2 aromatic carbocycles. The maximum absolute atomic E-state index is 12.6. The van der Waals surface area contributed by atoms with Gasteiger partial charge in [0.25, 0.3) is 0 Å². The van der Waals surface area contributed by atoms with Crippen molar-refractivity contribution in [1.29, 1.82) is 0 Å². The van der Waals surface area contributed by atoms with Crippen LogP contribution in [0.5, 0.6) is 0 Å². The van der Waals surface area contributed by atoms with Crippen molar-refractivity contribution in [3.63, 3.8) is 0 Å². The van der Waals surface area contributed by atoms with Crippen molar-refractivity contribution >= 4 is 27.0 Å². The quantitative estimate of drug-likeness (QED) is 0.558. The molecule has 0 aliphatic heterocycles. The number of hydrogen-bond acceptors (Lipinski definition) is 4. The van der Waals surface area contributed by atoms with E-state index in [9.17, 15) is 18.3 Å². The Bertz CT molecular complexity index is 1100. The summed E-state index contributed by atoms with van der Waals surface area (Å²) < 4.78 is 29.5. The van der Waals surface area contributed by atoms with Gasteiger partial charge in [-0.25, -0.2) is 13.4 Å². The number of nitrogens with zero attached hydrogens (tertiary/aromatic N) is 2. The zero-order valence-corrected chi connectivity index (χ0v) is 17.3. The topological polar surface area (TPSA) is 101 Å². The van der Waals surface area contributed by atoms with E-state index in [0.717, 1.165) is 28.8 Å². The van der Waals surface area contributed by atoms with Gasteiger partial charge in [0.2, 0.25) is 10.0 Å². The molecule has 3 aromatic rings. The van der Waals surface area contributed by atoms with Crippen LogP contribution in [0.3, 0.4) is 0 Å². The van der Waals surface area contributed by atoms with Gasteiger partial charge in [0.15, 0.2) is 0 Å². The Hall–Kier alpha value is -2.71. The molecule has 0 fully saturated rings. The molecule has 3 rings (SSSR count). The summed E-state index contributed by atoms with van der Waals surface area (Å²) >= 11 is 0. The Morgan fingerprint density at radius 2 is 1.86 bits per heavy atom. The number of hydrogen-bond donors (Lipinski definition) is 2. The van der Waals surface area contributed by atoms with E-state index in [1.54, 1.807) is 12.1 Å². The van der Waals surface area contributed by atoms with Crippen molar-refractivity contribution in [3.8, 4) is 0 Å². The highest BCUT2D eigenvalue weighted by Gasteiger charge is 2.24. The fourth-order valence-corrected chi connectivity index (χ4v) is 4.47. The van der Waals surface area contributed by atoms with Gasteiger partial charge in [0, 0.05) is 6.54 Å². The molecule has 0 bridgehead atoms. The van der Waals surface area contributed by atoms with Crippen molar-refractivity contribution in [2.45, 2.75) is 50.6 Å². The summed E-state index contributed by atoms with van der Waals surface area (Å²) in [4.78, 5) is 15.9. The maximum atomic E-state index is 12.6. The van der Waals surface area contributed by atoms with Crippen molar-refractivity contribution in [2.24, 2.45) is 0 Å². The number of aromatic nitrogens is 2. The summed E-state index contributed by atoms with van der Waals surface area (Å²) in [6.45, 7) is 4.43. The van der Waals surface area contributed by atoms with Gasteiger partial charge in [0.1, 0.15) is 11.9 Å². The van der Waals surface area contributed by atoms with Crippen LogP contribution in [0.25, 0.3) is 11.0 Å². The fraction of sp³-hybridized carbons (Fsp3) is 0.333. The first-order valence-electron chi connectivity index (χ1n) is 9.57. The molecule has 0 aliphatic rings. The first-order chi connectivity index (χ1) is 13.8. The van der Waals surface area contributed by atoms with Crippen LogP contribution in [0.4, 0.5) is 0 Å². The van der Waals surface area contributed by atoms with E-state index in [0.29, 0.717) is 13.0 Å². The average molecular weight is 416 g/mol. The number of rotatable bonds is 9. The molecule has 0 unspecified atom stereocenters. The van der Waals surface area contributed by atoms with Crippen molar-refractivity contribution in [1.82, 2.24) is 14.3 Å². The van der Waals surface area contributed by atoms with E-state index in [-0.39, 0.29) is 11.3 Å². The van der Waals surface area contributed by atoms with Gasteiger partial charge in [-0.2, -0.15) is 4.72 Å². The molecular weight excluding hydrogens is 390 g/mol. The first kappa shape index (κ1) is 21.0. The number of imidazole rings is 1. The van der Waals surface area contributed by atoms with Gasteiger partial charge in [0.05, 0.1) is 15.9 Å². The number of para-hydroxylation sites is 2. The molecule has 0 spiro atoms. The van der Waals surface area contributed by atoms with Crippen molar-refractivity contribution in [3.05, 3.63) is 59.9 Å². The minimum atomic E-state index is -3.91. The van der Waals surface area contributed by atoms with Gasteiger partial charge < -0.3 is 9.67 Å². The Balaban J connectivity index is 1.78. The van der Waals surface area contributed by atoms with E-state index in [4.69, 9.17) is 0 Å². The highest BCUT2D eigenvalue weighted by atomic mass is 32.2. The van der Waals surface area contributed by atoms with Crippen LogP contribution < -0.4 is 4.72 Å². The standard InChI is InChI=1S/C21H25N3O4S/c1-3-4-7-19(21(25)26)23-29(27,28)17-12-10-16(11-13-17)14-24-15(2)22-18-8-5-6-9-20(18)24/h5-6,8-13,19,23H,3-4,7,14H2,1-2H3,(H,25,26)/t19-/m0/s1. The Morgan fingerprint density at radius 1 is 1.17 bits per heavy atom. The second-order valence-corrected chi connectivity index (χ2v) is 8.75. The van der Waals surface area contributed by atoms with E-state index in [1.165, 1.54) is 12.1 Å². The number of aryl methyl sites for hydroxylation is 1. The molecule has 2 N–H and O–H groups in total. The molecule has 0 saturated heterocycles.